The highest BCUT2D eigenvalue weighted by Gasteiger charge is 2.25. The number of alkyl halides is 2. The van der Waals surface area contributed by atoms with Gasteiger partial charge in [-0.1, -0.05) is 5.16 Å². The smallest absolute Gasteiger partial charge is 0.297 e. The Balaban J connectivity index is 2.29. The standard InChI is InChI=1S/C3H2F2N2O/c4-2(5)3-6-1-7-8-3/h2-3H. The molecule has 0 bridgehead atoms. The number of nitrogens with zero attached hydrogens (tertiary/aromatic N) is 2. The third-order valence-electron chi connectivity index (χ3n) is 0.602. The topological polar surface area (TPSA) is 35.7 Å². The van der Waals surface area contributed by atoms with Gasteiger partial charge in [-0.2, -0.15) is 0 Å². The highest BCUT2D eigenvalue weighted by molar-refractivity contribution is 5.54. The van der Waals surface area contributed by atoms with Gasteiger partial charge in [0.05, 0.1) is 0 Å². The van der Waals surface area contributed by atoms with Gasteiger partial charge in [0.1, 0.15) is 0 Å². The molecule has 3 nitrogen and oxygen atoms in total. The quantitative estimate of drug-likeness (QED) is 0.481. The number of hydrogen-bond donors (Lipinski definition) is 0. The number of halogens is 2. The molecule has 8 heavy (non-hydrogen) atoms. The van der Waals surface area contributed by atoms with Crippen LogP contribution in [0.1, 0.15) is 0 Å². The second-order valence-electron chi connectivity index (χ2n) is 1.15. The molecule has 1 aliphatic heterocycles. The molecule has 0 aromatic heterocycles. The molecule has 1 rings (SSSR count). The van der Waals surface area contributed by atoms with Crippen molar-refractivity contribution in [2.75, 3.05) is 0 Å². The SMILES string of the molecule is FC(F)C1[N][C]=NO1. The van der Waals surface area contributed by atoms with Gasteiger partial charge in [0, 0.05) is 0 Å². The largest absolute Gasteiger partial charge is 0.360 e. The monoisotopic (exact) mass is 120 g/mol. The van der Waals surface area contributed by atoms with E-state index < -0.39 is 12.7 Å². The lowest BCUT2D eigenvalue weighted by Crippen LogP contribution is -2.25. The molecule has 5 heteroatoms. The molecular formula is C3H2F2N2O. The Morgan fingerprint density at radius 2 is 2.38 bits per heavy atom. The first kappa shape index (κ1) is 5.27. The van der Waals surface area contributed by atoms with Crippen molar-refractivity contribution in [3.8, 4) is 0 Å². The van der Waals surface area contributed by atoms with Gasteiger partial charge in [-0.25, -0.2) is 14.1 Å². The minimum atomic E-state index is -2.60. The van der Waals surface area contributed by atoms with Crippen LogP contribution in [0.15, 0.2) is 5.16 Å². The first-order chi connectivity index (χ1) is 3.80. The Bertz CT molecular complexity index is 97.5. The van der Waals surface area contributed by atoms with Gasteiger partial charge in [0.25, 0.3) is 12.7 Å². The van der Waals surface area contributed by atoms with Gasteiger partial charge in [-0.05, 0) is 0 Å². The van der Waals surface area contributed by atoms with Crippen LogP contribution < -0.4 is 5.32 Å². The summed E-state index contributed by atoms with van der Waals surface area (Å²) in [4.78, 5) is 4.01. The molecule has 0 fully saturated rings. The van der Waals surface area contributed by atoms with Crippen LogP contribution in [0.25, 0.3) is 0 Å². The van der Waals surface area contributed by atoms with Gasteiger partial charge in [-0.15, -0.1) is 0 Å². The van der Waals surface area contributed by atoms with Crippen molar-refractivity contribution < 1.29 is 13.6 Å². The average Bonchev–Trinajstić information content (AvgIpc) is 2.12. The number of rotatable bonds is 1. The molecule has 0 spiro atoms. The Morgan fingerprint density at radius 3 is 2.62 bits per heavy atom. The van der Waals surface area contributed by atoms with Crippen molar-refractivity contribution in [1.29, 1.82) is 0 Å². The molecule has 0 amide bonds. The Morgan fingerprint density at radius 1 is 1.62 bits per heavy atom. The van der Waals surface area contributed by atoms with Crippen LogP contribution in [0.3, 0.4) is 0 Å². The van der Waals surface area contributed by atoms with E-state index in [1.807, 2.05) is 6.34 Å². The molecule has 1 atom stereocenters. The molecule has 0 aromatic carbocycles. The lowest BCUT2D eigenvalue weighted by molar-refractivity contribution is -0.0481. The van der Waals surface area contributed by atoms with Crippen LogP contribution in [-0.4, -0.2) is 19.0 Å². The summed E-state index contributed by atoms with van der Waals surface area (Å²) in [6, 6.07) is 0. The third kappa shape index (κ3) is 0.853. The van der Waals surface area contributed by atoms with E-state index in [1.54, 1.807) is 0 Å². The van der Waals surface area contributed by atoms with E-state index in [9.17, 15) is 8.78 Å². The van der Waals surface area contributed by atoms with Crippen molar-refractivity contribution in [3.63, 3.8) is 0 Å². The molecule has 0 aromatic rings. The first-order valence-electron chi connectivity index (χ1n) is 1.89. The van der Waals surface area contributed by atoms with Crippen molar-refractivity contribution in [2.24, 2.45) is 5.16 Å². The van der Waals surface area contributed by atoms with Crippen LogP contribution in [0.5, 0.6) is 0 Å². The minimum Gasteiger partial charge on any atom is -0.360 e. The normalized spacial score (nSPS) is 25.6. The highest BCUT2D eigenvalue weighted by atomic mass is 19.3. The summed E-state index contributed by atoms with van der Waals surface area (Å²) in [6.07, 6.45) is -2.12. The Hall–Kier alpha value is -0.870. The molecular weight excluding hydrogens is 118 g/mol. The third-order valence-corrected chi connectivity index (χ3v) is 0.602. The van der Waals surface area contributed by atoms with Crippen LogP contribution in [0, 0.1) is 0 Å². The fourth-order valence-electron chi connectivity index (χ4n) is 0.284. The first-order valence-corrected chi connectivity index (χ1v) is 1.89. The fraction of sp³-hybridized carbons (Fsp3) is 0.667. The van der Waals surface area contributed by atoms with Crippen LogP contribution in [0.4, 0.5) is 8.78 Å². The molecule has 2 radical (unpaired) electrons. The maximum atomic E-state index is 11.4. The molecule has 0 N–H and O–H groups in total. The zero-order valence-corrected chi connectivity index (χ0v) is 3.71. The van der Waals surface area contributed by atoms with Crippen LogP contribution in [-0.2, 0) is 4.84 Å². The predicted molar refractivity (Wildman–Crippen MR) is 20.4 cm³/mol. The molecule has 1 unspecified atom stereocenters. The minimum absolute atomic E-state index is 1.42. The van der Waals surface area contributed by atoms with E-state index in [1.165, 1.54) is 0 Å². The summed E-state index contributed by atoms with van der Waals surface area (Å²) in [6.45, 7) is 0. The van der Waals surface area contributed by atoms with E-state index in [0.717, 1.165) is 0 Å². The van der Waals surface area contributed by atoms with Gasteiger partial charge in [-0.3, -0.25) is 0 Å². The maximum absolute atomic E-state index is 11.4. The van der Waals surface area contributed by atoms with E-state index >= 15 is 0 Å². The Labute approximate surface area is 44.3 Å². The van der Waals surface area contributed by atoms with Gasteiger partial charge in [0.15, 0.2) is 0 Å². The second kappa shape index (κ2) is 1.94. The van der Waals surface area contributed by atoms with Crippen molar-refractivity contribution in [2.45, 2.75) is 12.7 Å². The molecule has 0 saturated carbocycles. The molecule has 1 heterocycles. The molecule has 1 aliphatic rings. The van der Waals surface area contributed by atoms with E-state index in [-0.39, 0.29) is 0 Å². The van der Waals surface area contributed by atoms with E-state index in [4.69, 9.17) is 0 Å². The maximum Gasteiger partial charge on any atom is 0.297 e. The fourth-order valence-corrected chi connectivity index (χ4v) is 0.284. The molecule has 0 aliphatic carbocycles. The summed E-state index contributed by atoms with van der Waals surface area (Å²) < 4.78 is 22.8. The van der Waals surface area contributed by atoms with Gasteiger partial charge in [0.2, 0.25) is 6.34 Å². The van der Waals surface area contributed by atoms with Crippen molar-refractivity contribution >= 4 is 6.34 Å². The summed E-state index contributed by atoms with van der Waals surface area (Å²) in [7, 11) is 0. The van der Waals surface area contributed by atoms with E-state index in [2.05, 4.69) is 15.3 Å². The van der Waals surface area contributed by atoms with E-state index in [0.29, 0.717) is 0 Å². The summed E-state index contributed by atoms with van der Waals surface area (Å²) >= 11 is 0. The molecule has 0 saturated heterocycles. The zero-order chi connectivity index (χ0) is 5.98. The molecule has 44 valence electrons. The second-order valence-corrected chi connectivity index (χ2v) is 1.15. The van der Waals surface area contributed by atoms with Crippen LogP contribution in [0.2, 0.25) is 0 Å². The summed E-state index contributed by atoms with van der Waals surface area (Å²) in [5.74, 6) is 0. The number of hydrogen-bond acceptors (Lipinski definition) is 2. The summed E-state index contributed by atoms with van der Waals surface area (Å²) in [5.41, 5.74) is 0. The predicted octanol–water partition coefficient (Wildman–Crippen LogP) is 0.0325. The lowest BCUT2D eigenvalue weighted by Gasteiger charge is -2.02. The van der Waals surface area contributed by atoms with Gasteiger partial charge < -0.3 is 4.84 Å². The zero-order valence-electron chi connectivity index (χ0n) is 3.71. The average molecular weight is 120 g/mol. The lowest BCUT2D eigenvalue weighted by atomic mass is 10.6. The Kier molecular flexibility index (Phi) is 1.27. The van der Waals surface area contributed by atoms with Crippen molar-refractivity contribution in [1.82, 2.24) is 5.32 Å². The highest BCUT2D eigenvalue weighted by Crippen LogP contribution is 2.05. The van der Waals surface area contributed by atoms with Crippen molar-refractivity contribution in [3.05, 3.63) is 0 Å². The van der Waals surface area contributed by atoms with Gasteiger partial charge >= 0.3 is 0 Å². The van der Waals surface area contributed by atoms with Crippen LogP contribution >= 0.6 is 0 Å². The summed E-state index contributed by atoms with van der Waals surface area (Å²) in [5, 5.41) is 5.94.